The molecule has 2 aromatic rings. The van der Waals surface area contributed by atoms with Gasteiger partial charge in [-0.1, -0.05) is 36.0 Å². The SMILES string of the molecule is O=C(Cn1cnc2c(Cl)cc(Cl)cc2c1=O)N(C1CCCC1)[C@H]1CCS(=O)(=O)C1. The summed E-state index contributed by atoms with van der Waals surface area (Å²) in [6.45, 7) is -0.195. The van der Waals surface area contributed by atoms with Crippen molar-refractivity contribution < 1.29 is 13.2 Å². The number of fused-ring (bicyclic) bond motifs is 1. The molecule has 0 radical (unpaired) electrons. The summed E-state index contributed by atoms with van der Waals surface area (Å²) in [6, 6.07) is 2.69. The van der Waals surface area contributed by atoms with E-state index in [1.165, 1.54) is 23.0 Å². The molecule has 2 fully saturated rings. The molecule has 156 valence electrons. The summed E-state index contributed by atoms with van der Waals surface area (Å²) in [4.78, 5) is 32.0. The van der Waals surface area contributed by atoms with Crippen LogP contribution in [0, 0.1) is 0 Å². The van der Waals surface area contributed by atoms with Gasteiger partial charge in [-0.3, -0.25) is 14.2 Å². The van der Waals surface area contributed by atoms with Crippen molar-refractivity contribution in [3.8, 4) is 0 Å². The molecule has 1 amide bonds. The first-order valence-corrected chi connectivity index (χ1v) is 12.2. The molecule has 29 heavy (non-hydrogen) atoms. The molecular weight excluding hydrogens is 437 g/mol. The second kappa shape index (κ2) is 7.89. The Morgan fingerprint density at radius 1 is 1.17 bits per heavy atom. The Bertz CT molecular complexity index is 1130. The summed E-state index contributed by atoms with van der Waals surface area (Å²) >= 11 is 12.1. The molecule has 1 aromatic carbocycles. The molecule has 0 N–H and O–H groups in total. The fourth-order valence-corrected chi connectivity index (χ4v) is 6.67. The molecule has 1 aliphatic carbocycles. The first-order valence-electron chi connectivity index (χ1n) is 9.61. The highest BCUT2D eigenvalue weighted by Gasteiger charge is 2.39. The van der Waals surface area contributed by atoms with Crippen molar-refractivity contribution >= 4 is 49.8 Å². The van der Waals surface area contributed by atoms with Crippen LogP contribution in [0.25, 0.3) is 10.9 Å². The van der Waals surface area contributed by atoms with E-state index in [1.54, 1.807) is 4.90 Å². The Kier molecular flexibility index (Phi) is 5.61. The number of hydrogen-bond donors (Lipinski definition) is 0. The van der Waals surface area contributed by atoms with Crippen LogP contribution in [-0.4, -0.2) is 52.4 Å². The van der Waals surface area contributed by atoms with Crippen LogP contribution in [-0.2, 0) is 21.2 Å². The molecule has 1 saturated heterocycles. The van der Waals surface area contributed by atoms with Gasteiger partial charge in [-0.05, 0) is 31.4 Å². The standard InChI is InChI=1S/C19H21Cl2N3O4S/c20-12-7-15-18(16(21)8-12)22-11-23(19(15)26)9-17(25)24(13-3-1-2-4-13)14-5-6-29(27,28)10-14/h7-8,11,13-14H,1-6,9-10H2/t14-/m0/s1. The minimum absolute atomic E-state index is 0.00861. The van der Waals surface area contributed by atoms with E-state index >= 15 is 0 Å². The fraction of sp³-hybridized carbons (Fsp3) is 0.526. The highest BCUT2D eigenvalue weighted by atomic mass is 35.5. The van der Waals surface area contributed by atoms with Gasteiger partial charge in [-0.25, -0.2) is 13.4 Å². The maximum atomic E-state index is 13.2. The largest absolute Gasteiger partial charge is 0.334 e. The zero-order chi connectivity index (χ0) is 20.8. The monoisotopic (exact) mass is 457 g/mol. The fourth-order valence-electron chi connectivity index (χ4n) is 4.42. The van der Waals surface area contributed by atoms with Gasteiger partial charge in [0.1, 0.15) is 6.54 Å². The van der Waals surface area contributed by atoms with Gasteiger partial charge >= 0.3 is 0 Å². The second-order valence-corrected chi connectivity index (χ2v) is 10.8. The van der Waals surface area contributed by atoms with Gasteiger partial charge < -0.3 is 4.90 Å². The molecule has 0 spiro atoms. The Morgan fingerprint density at radius 3 is 2.55 bits per heavy atom. The molecule has 2 heterocycles. The van der Waals surface area contributed by atoms with Gasteiger partial charge in [0.15, 0.2) is 9.84 Å². The number of nitrogens with zero attached hydrogens (tertiary/aromatic N) is 3. The third kappa shape index (κ3) is 4.15. The molecule has 2 aliphatic rings. The summed E-state index contributed by atoms with van der Waals surface area (Å²) in [5, 5.41) is 0.828. The number of halogens is 2. The Morgan fingerprint density at radius 2 is 1.90 bits per heavy atom. The van der Waals surface area contributed by atoms with E-state index in [9.17, 15) is 18.0 Å². The lowest BCUT2D eigenvalue weighted by molar-refractivity contribution is -0.136. The predicted octanol–water partition coefficient (Wildman–Crippen LogP) is 2.66. The van der Waals surface area contributed by atoms with Crippen LogP contribution in [0.5, 0.6) is 0 Å². The van der Waals surface area contributed by atoms with E-state index in [2.05, 4.69) is 4.98 Å². The molecule has 1 atom stereocenters. The molecule has 1 aromatic heterocycles. The number of amides is 1. The van der Waals surface area contributed by atoms with Crippen LogP contribution in [0.2, 0.25) is 10.0 Å². The molecule has 0 unspecified atom stereocenters. The Hall–Kier alpha value is -1.64. The first-order chi connectivity index (χ1) is 13.7. The summed E-state index contributed by atoms with van der Waals surface area (Å²) < 4.78 is 25.2. The highest BCUT2D eigenvalue weighted by molar-refractivity contribution is 7.91. The minimum atomic E-state index is -3.13. The van der Waals surface area contributed by atoms with Gasteiger partial charge in [0.25, 0.3) is 5.56 Å². The predicted molar refractivity (Wildman–Crippen MR) is 112 cm³/mol. The van der Waals surface area contributed by atoms with E-state index in [0.29, 0.717) is 17.0 Å². The molecular formula is C19H21Cl2N3O4S. The molecule has 1 saturated carbocycles. The van der Waals surface area contributed by atoms with Crippen LogP contribution in [0.4, 0.5) is 0 Å². The lowest BCUT2D eigenvalue weighted by Crippen LogP contribution is -2.49. The van der Waals surface area contributed by atoms with Gasteiger partial charge in [-0.15, -0.1) is 0 Å². The second-order valence-electron chi connectivity index (χ2n) is 7.76. The van der Waals surface area contributed by atoms with Crippen LogP contribution in [0.3, 0.4) is 0 Å². The summed E-state index contributed by atoms with van der Waals surface area (Å²) in [6.07, 6.45) is 5.50. The number of carbonyl (C=O) groups is 1. The lowest BCUT2D eigenvalue weighted by Gasteiger charge is -2.34. The number of rotatable bonds is 4. The van der Waals surface area contributed by atoms with E-state index in [0.717, 1.165) is 25.7 Å². The average molecular weight is 458 g/mol. The van der Waals surface area contributed by atoms with Crippen molar-refractivity contribution in [2.45, 2.75) is 50.7 Å². The molecule has 0 bridgehead atoms. The lowest BCUT2D eigenvalue weighted by atomic mass is 10.1. The third-order valence-electron chi connectivity index (χ3n) is 5.76. The molecule has 7 nitrogen and oxygen atoms in total. The number of aromatic nitrogens is 2. The summed E-state index contributed by atoms with van der Waals surface area (Å²) in [7, 11) is -3.13. The van der Waals surface area contributed by atoms with Crippen molar-refractivity contribution in [1.29, 1.82) is 0 Å². The van der Waals surface area contributed by atoms with Crippen LogP contribution < -0.4 is 5.56 Å². The zero-order valence-corrected chi connectivity index (χ0v) is 18.0. The van der Waals surface area contributed by atoms with Gasteiger partial charge in [-0.2, -0.15) is 0 Å². The van der Waals surface area contributed by atoms with Gasteiger partial charge in [0.05, 0.1) is 33.8 Å². The summed E-state index contributed by atoms with van der Waals surface area (Å²) in [5.74, 6) is -0.163. The molecule has 10 heteroatoms. The van der Waals surface area contributed by atoms with Crippen LogP contribution in [0.15, 0.2) is 23.3 Å². The number of benzene rings is 1. The topological polar surface area (TPSA) is 89.3 Å². The first kappa shape index (κ1) is 20.6. The zero-order valence-electron chi connectivity index (χ0n) is 15.7. The van der Waals surface area contributed by atoms with Gasteiger partial charge in [0.2, 0.25) is 5.91 Å². The van der Waals surface area contributed by atoms with Crippen LogP contribution in [0.1, 0.15) is 32.1 Å². The normalized spacial score (nSPS) is 21.7. The maximum absolute atomic E-state index is 13.2. The van der Waals surface area contributed by atoms with E-state index in [1.807, 2.05) is 0 Å². The highest BCUT2D eigenvalue weighted by Crippen LogP contribution is 2.29. The average Bonchev–Trinajstić information content (AvgIpc) is 3.28. The van der Waals surface area contributed by atoms with E-state index in [-0.39, 0.29) is 46.5 Å². The van der Waals surface area contributed by atoms with Gasteiger partial charge in [0, 0.05) is 17.1 Å². The molecule has 4 rings (SSSR count). The Balaban J connectivity index is 1.65. The van der Waals surface area contributed by atoms with Crippen molar-refractivity contribution in [3.05, 3.63) is 38.9 Å². The van der Waals surface area contributed by atoms with Crippen molar-refractivity contribution in [2.24, 2.45) is 0 Å². The Labute approximate surface area is 178 Å². The van der Waals surface area contributed by atoms with Crippen LogP contribution >= 0.6 is 23.2 Å². The van der Waals surface area contributed by atoms with Crippen molar-refractivity contribution in [3.63, 3.8) is 0 Å². The molecule has 1 aliphatic heterocycles. The van der Waals surface area contributed by atoms with E-state index in [4.69, 9.17) is 23.2 Å². The smallest absolute Gasteiger partial charge is 0.261 e. The summed E-state index contributed by atoms with van der Waals surface area (Å²) in [5.41, 5.74) is -0.0718. The third-order valence-corrected chi connectivity index (χ3v) is 8.02. The number of carbonyl (C=O) groups excluding carboxylic acids is 1. The van der Waals surface area contributed by atoms with E-state index < -0.39 is 15.4 Å². The number of hydrogen-bond acceptors (Lipinski definition) is 5. The quantitative estimate of drug-likeness (QED) is 0.703. The maximum Gasteiger partial charge on any atom is 0.261 e. The van der Waals surface area contributed by atoms with Crippen molar-refractivity contribution in [1.82, 2.24) is 14.5 Å². The minimum Gasteiger partial charge on any atom is -0.334 e. The number of sulfone groups is 1. The van der Waals surface area contributed by atoms with Crippen molar-refractivity contribution in [2.75, 3.05) is 11.5 Å².